The van der Waals surface area contributed by atoms with Gasteiger partial charge in [-0.3, -0.25) is 4.90 Å². The second-order valence-electron chi connectivity index (χ2n) is 5.23. The lowest BCUT2D eigenvalue weighted by Crippen LogP contribution is -2.38. The van der Waals surface area contributed by atoms with Gasteiger partial charge < -0.3 is 14.6 Å². The summed E-state index contributed by atoms with van der Waals surface area (Å²) in [6, 6.07) is 10.9. The van der Waals surface area contributed by atoms with Crippen LogP contribution < -0.4 is 4.74 Å². The molecule has 3 rings (SSSR count). The van der Waals surface area contributed by atoms with Gasteiger partial charge in [0.05, 0.1) is 13.2 Å². The molecule has 0 aliphatic carbocycles. The van der Waals surface area contributed by atoms with Crippen molar-refractivity contribution in [3.05, 3.63) is 42.6 Å². The van der Waals surface area contributed by atoms with Gasteiger partial charge >= 0.3 is 0 Å². The Labute approximate surface area is 130 Å². The molecule has 0 atom stereocenters. The van der Waals surface area contributed by atoms with Gasteiger partial charge in [-0.15, -0.1) is 0 Å². The van der Waals surface area contributed by atoms with Crippen LogP contribution in [-0.2, 0) is 4.74 Å². The molecule has 0 amide bonds. The first kappa shape index (κ1) is 14.8. The molecule has 0 radical (unpaired) electrons. The predicted octanol–water partition coefficient (Wildman–Crippen LogP) is 2.17. The van der Waals surface area contributed by atoms with Gasteiger partial charge in [0.25, 0.3) is 0 Å². The van der Waals surface area contributed by atoms with E-state index in [1.54, 1.807) is 18.3 Å². The van der Waals surface area contributed by atoms with Gasteiger partial charge in [0.15, 0.2) is 0 Å². The maximum absolute atomic E-state index is 9.30. The number of phenolic OH excluding ortho intramolecular Hbond substituents is 1. The minimum Gasteiger partial charge on any atom is -0.508 e. The molecule has 1 saturated heterocycles. The summed E-state index contributed by atoms with van der Waals surface area (Å²) in [6.45, 7) is 5.07. The highest BCUT2D eigenvalue weighted by Crippen LogP contribution is 2.22. The molecule has 0 spiro atoms. The third-order valence-electron chi connectivity index (χ3n) is 3.70. The zero-order chi connectivity index (χ0) is 15.2. The molecule has 2 heterocycles. The molecule has 0 saturated carbocycles. The van der Waals surface area contributed by atoms with Crippen molar-refractivity contribution in [2.24, 2.45) is 0 Å². The number of rotatable bonds is 5. The van der Waals surface area contributed by atoms with Crippen LogP contribution >= 0.6 is 0 Å². The van der Waals surface area contributed by atoms with E-state index in [4.69, 9.17) is 9.47 Å². The summed E-state index contributed by atoms with van der Waals surface area (Å²) in [5.41, 5.74) is 2.02. The number of nitrogens with zero attached hydrogens (tertiary/aromatic N) is 2. The zero-order valence-corrected chi connectivity index (χ0v) is 12.4. The van der Waals surface area contributed by atoms with Crippen LogP contribution in [0.15, 0.2) is 42.6 Å². The lowest BCUT2D eigenvalue weighted by atomic mass is 10.1. The largest absolute Gasteiger partial charge is 0.508 e. The Morgan fingerprint density at radius 2 is 1.77 bits per heavy atom. The van der Waals surface area contributed by atoms with E-state index in [9.17, 15) is 5.11 Å². The van der Waals surface area contributed by atoms with Gasteiger partial charge in [0.2, 0.25) is 5.88 Å². The van der Waals surface area contributed by atoms with Crippen molar-refractivity contribution in [1.29, 1.82) is 0 Å². The second-order valence-corrected chi connectivity index (χ2v) is 5.23. The highest BCUT2D eigenvalue weighted by Gasteiger charge is 2.09. The van der Waals surface area contributed by atoms with E-state index >= 15 is 0 Å². The molecule has 1 aromatic heterocycles. The molecular weight excluding hydrogens is 280 g/mol. The monoisotopic (exact) mass is 300 g/mol. The number of phenols is 1. The Bertz CT molecular complexity index is 578. The maximum atomic E-state index is 9.30. The number of benzene rings is 1. The van der Waals surface area contributed by atoms with E-state index in [2.05, 4.69) is 9.88 Å². The summed E-state index contributed by atoms with van der Waals surface area (Å²) in [5.74, 6) is 0.899. The molecule has 5 heteroatoms. The number of morpholine rings is 1. The fraction of sp³-hybridized carbons (Fsp3) is 0.353. The Morgan fingerprint density at radius 3 is 2.45 bits per heavy atom. The molecule has 22 heavy (non-hydrogen) atoms. The summed E-state index contributed by atoms with van der Waals surface area (Å²) < 4.78 is 11.0. The van der Waals surface area contributed by atoms with E-state index < -0.39 is 0 Å². The first-order valence-electron chi connectivity index (χ1n) is 7.49. The van der Waals surface area contributed by atoms with Crippen LogP contribution in [0.25, 0.3) is 11.1 Å². The van der Waals surface area contributed by atoms with E-state index in [0.717, 1.165) is 44.0 Å². The van der Waals surface area contributed by atoms with Crippen LogP contribution in [0.2, 0.25) is 0 Å². The van der Waals surface area contributed by atoms with Crippen LogP contribution in [0, 0.1) is 0 Å². The maximum Gasteiger partial charge on any atom is 0.213 e. The molecule has 1 aromatic carbocycles. The Balaban J connectivity index is 1.51. The van der Waals surface area contributed by atoms with Crippen LogP contribution in [0.1, 0.15) is 0 Å². The third kappa shape index (κ3) is 3.96. The number of hydrogen-bond acceptors (Lipinski definition) is 5. The minimum absolute atomic E-state index is 0.264. The standard InChI is InChI=1S/C17H20N2O3/c20-16-4-1-14(2-5-16)15-3-6-17(18-13-15)22-12-9-19-7-10-21-11-8-19/h1-6,13,20H,7-12H2. The van der Waals surface area contributed by atoms with E-state index in [1.165, 1.54) is 0 Å². The molecule has 0 bridgehead atoms. The number of ether oxygens (including phenoxy) is 2. The number of hydrogen-bond donors (Lipinski definition) is 1. The molecular formula is C17H20N2O3. The quantitative estimate of drug-likeness (QED) is 0.917. The number of aromatic nitrogens is 1. The average Bonchev–Trinajstić information content (AvgIpc) is 2.57. The van der Waals surface area contributed by atoms with Gasteiger partial charge in [0.1, 0.15) is 12.4 Å². The van der Waals surface area contributed by atoms with E-state index in [1.807, 2.05) is 24.3 Å². The normalized spacial score (nSPS) is 15.6. The van der Waals surface area contributed by atoms with Crippen molar-refractivity contribution in [3.63, 3.8) is 0 Å². The average molecular weight is 300 g/mol. The van der Waals surface area contributed by atoms with Crippen LogP contribution in [0.4, 0.5) is 0 Å². The van der Waals surface area contributed by atoms with Gasteiger partial charge in [-0.1, -0.05) is 12.1 Å². The summed E-state index contributed by atoms with van der Waals surface area (Å²) in [4.78, 5) is 6.66. The van der Waals surface area contributed by atoms with Crippen molar-refractivity contribution in [3.8, 4) is 22.8 Å². The summed E-state index contributed by atoms with van der Waals surface area (Å²) >= 11 is 0. The molecule has 1 fully saturated rings. The predicted molar refractivity (Wildman–Crippen MR) is 84.1 cm³/mol. The molecule has 1 N–H and O–H groups in total. The van der Waals surface area contributed by atoms with Crippen molar-refractivity contribution >= 4 is 0 Å². The lowest BCUT2D eigenvalue weighted by molar-refractivity contribution is 0.0320. The topological polar surface area (TPSA) is 54.8 Å². The van der Waals surface area contributed by atoms with Gasteiger partial charge in [-0.05, 0) is 23.8 Å². The molecule has 2 aromatic rings. The van der Waals surface area contributed by atoms with Crippen molar-refractivity contribution in [2.75, 3.05) is 39.5 Å². The molecule has 5 nitrogen and oxygen atoms in total. The van der Waals surface area contributed by atoms with Gasteiger partial charge in [-0.25, -0.2) is 4.98 Å². The summed E-state index contributed by atoms with van der Waals surface area (Å²) in [5, 5.41) is 9.30. The lowest BCUT2D eigenvalue weighted by Gasteiger charge is -2.26. The molecule has 116 valence electrons. The van der Waals surface area contributed by atoms with Crippen LogP contribution in [-0.4, -0.2) is 54.4 Å². The smallest absolute Gasteiger partial charge is 0.213 e. The van der Waals surface area contributed by atoms with E-state index in [-0.39, 0.29) is 5.75 Å². The highest BCUT2D eigenvalue weighted by atomic mass is 16.5. The van der Waals surface area contributed by atoms with Gasteiger partial charge in [-0.2, -0.15) is 0 Å². The summed E-state index contributed by atoms with van der Waals surface area (Å²) in [6.07, 6.45) is 1.79. The first-order valence-corrected chi connectivity index (χ1v) is 7.49. The fourth-order valence-corrected chi connectivity index (χ4v) is 2.39. The van der Waals surface area contributed by atoms with Gasteiger partial charge in [0, 0.05) is 37.5 Å². The molecule has 1 aliphatic heterocycles. The number of aromatic hydroxyl groups is 1. The SMILES string of the molecule is Oc1ccc(-c2ccc(OCCN3CCOCC3)nc2)cc1. The van der Waals surface area contributed by atoms with Crippen LogP contribution in [0.5, 0.6) is 11.6 Å². The Hall–Kier alpha value is -2.11. The van der Waals surface area contributed by atoms with Crippen molar-refractivity contribution in [2.45, 2.75) is 0 Å². The second kappa shape index (κ2) is 7.24. The highest BCUT2D eigenvalue weighted by molar-refractivity contribution is 5.63. The third-order valence-corrected chi connectivity index (χ3v) is 3.70. The number of pyridine rings is 1. The fourth-order valence-electron chi connectivity index (χ4n) is 2.39. The van der Waals surface area contributed by atoms with Crippen molar-refractivity contribution in [1.82, 2.24) is 9.88 Å². The Kier molecular flexibility index (Phi) is 4.88. The summed E-state index contributed by atoms with van der Waals surface area (Å²) in [7, 11) is 0. The Morgan fingerprint density at radius 1 is 1.05 bits per heavy atom. The van der Waals surface area contributed by atoms with E-state index in [0.29, 0.717) is 12.5 Å². The van der Waals surface area contributed by atoms with Crippen LogP contribution in [0.3, 0.4) is 0 Å². The molecule has 1 aliphatic rings. The minimum atomic E-state index is 0.264. The van der Waals surface area contributed by atoms with Crippen molar-refractivity contribution < 1.29 is 14.6 Å². The zero-order valence-electron chi connectivity index (χ0n) is 12.4. The molecule has 0 unspecified atom stereocenters. The first-order chi connectivity index (χ1) is 10.8.